The predicted octanol–water partition coefficient (Wildman–Crippen LogP) is 2.62. The molecule has 15 heavy (non-hydrogen) atoms. The molecule has 0 saturated heterocycles. The second-order valence-corrected chi connectivity index (χ2v) is 4.28. The van der Waals surface area contributed by atoms with Gasteiger partial charge in [-0.3, -0.25) is 4.68 Å². The third-order valence-electron chi connectivity index (χ3n) is 2.61. The van der Waals surface area contributed by atoms with Crippen LogP contribution in [0.2, 0.25) is 5.02 Å². The first kappa shape index (κ1) is 12.5. The lowest BCUT2D eigenvalue weighted by Crippen LogP contribution is -2.20. The van der Waals surface area contributed by atoms with Crippen molar-refractivity contribution >= 4 is 11.6 Å². The Morgan fingerprint density at radius 2 is 2.27 bits per heavy atom. The summed E-state index contributed by atoms with van der Waals surface area (Å²) >= 11 is 6.08. The van der Waals surface area contributed by atoms with Gasteiger partial charge in [0.05, 0.1) is 16.9 Å². The third kappa shape index (κ3) is 3.50. The van der Waals surface area contributed by atoms with Crippen molar-refractivity contribution < 1.29 is 0 Å². The Kier molecular flexibility index (Phi) is 5.12. The van der Waals surface area contributed by atoms with Crippen LogP contribution in [-0.2, 0) is 13.0 Å². The normalized spacial score (nSPS) is 13.1. The largest absolute Gasteiger partial charge is 0.328 e. The van der Waals surface area contributed by atoms with E-state index in [-0.39, 0.29) is 6.04 Å². The predicted molar refractivity (Wildman–Crippen MR) is 64.1 cm³/mol. The number of aromatic nitrogens is 2. The maximum Gasteiger partial charge on any atom is 0.0817 e. The van der Waals surface area contributed by atoms with Crippen molar-refractivity contribution in [1.29, 1.82) is 0 Å². The van der Waals surface area contributed by atoms with E-state index in [1.807, 2.05) is 4.68 Å². The summed E-state index contributed by atoms with van der Waals surface area (Å²) in [5, 5.41) is 5.02. The van der Waals surface area contributed by atoms with Crippen LogP contribution in [0.15, 0.2) is 6.20 Å². The molecule has 0 bridgehead atoms. The van der Waals surface area contributed by atoms with Gasteiger partial charge < -0.3 is 5.73 Å². The van der Waals surface area contributed by atoms with Crippen LogP contribution in [0.4, 0.5) is 0 Å². The third-order valence-corrected chi connectivity index (χ3v) is 2.93. The molecule has 0 aliphatic heterocycles. The maximum atomic E-state index is 6.08. The van der Waals surface area contributed by atoms with Crippen molar-refractivity contribution in [3.63, 3.8) is 0 Å². The van der Waals surface area contributed by atoms with E-state index in [4.69, 9.17) is 17.3 Å². The van der Waals surface area contributed by atoms with Crippen molar-refractivity contribution in [2.45, 2.75) is 52.1 Å². The van der Waals surface area contributed by atoms with Gasteiger partial charge in [-0.15, -0.1) is 0 Å². The molecule has 1 atom stereocenters. The average Bonchev–Trinajstić information content (AvgIpc) is 2.57. The van der Waals surface area contributed by atoms with Gasteiger partial charge in [0, 0.05) is 12.6 Å². The van der Waals surface area contributed by atoms with Crippen LogP contribution in [0.5, 0.6) is 0 Å². The molecule has 0 saturated carbocycles. The zero-order valence-electron chi connectivity index (χ0n) is 9.54. The van der Waals surface area contributed by atoms with Gasteiger partial charge in [0.25, 0.3) is 0 Å². The standard InChI is InChI=1S/C11H20ClN3/c1-3-7-15-11(10(12)8-14-15)6-5-9(13)4-2/h8-9H,3-7,13H2,1-2H3. The monoisotopic (exact) mass is 229 g/mol. The molecular formula is C11H20ClN3. The molecule has 0 amide bonds. The van der Waals surface area contributed by atoms with Crippen LogP contribution in [0.3, 0.4) is 0 Å². The van der Waals surface area contributed by atoms with Crippen LogP contribution in [0.25, 0.3) is 0 Å². The summed E-state index contributed by atoms with van der Waals surface area (Å²) in [6.45, 7) is 5.18. The molecule has 4 heteroatoms. The first-order valence-corrected chi connectivity index (χ1v) is 6.02. The minimum atomic E-state index is 0.269. The fourth-order valence-corrected chi connectivity index (χ4v) is 1.80. The molecule has 0 spiro atoms. The highest BCUT2D eigenvalue weighted by molar-refractivity contribution is 6.31. The fraction of sp³-hybridized carbons (Fsp3) is 0.727. The van der Waals surface area contributed by atoms with Crippen molar-refractivity contribution in [1.82, 2.24) is 9.78 Å². The van der Waals surface area contributed by atoms with Crippen LogP contribution in [0, 0.1) is 0 Å². The molecule has 1 aromatic heterocycles. The Labute approximate surface area is 96.6 Å². The van der Waals surface area contributed by atoms with E-state index in [0.29, 0.717) is 0 Å². The Morgan fingerprint density at radius 1 is 1.53 bits per heavy atom. The smallest absolute Gasteiger partial charge is 0.0817 e. The number of halogens is 1. The van der Waals surface area contributed by atoms with E-state index in [9.17, 15) is 0 Å². The first-order valence-electron chi connectivity index (χ1n) is 5.64. The lowest BCUT2D eigenvalue weighted by molar-refractivity contribution is 0.538. The van der Waals surface area contributed by atoms with E-state index in [0.717, 1.165) is 42.9 Å². The zero-order chi connectivity index (χ0) is 11.3. The maximum absolute atomic E-state index is 6.08. The van der Waals surface area contributed by atoms with Gasteiger partial charge in [-0.25, -0.2) is 0 Å². The summed E-state index contributed by atoms with van der Waals surface area (Å²) in [5.74, 6) is 0. The number of rotatable bonds is 6. The molecule has 1 aromatic rings. The van der Waals surface area contributed by atoms with Crippen molar-refractivity contribution in [3.05, 3.63) is 16.9 Å². The second kappa shape index (κ2) is 6.13. The number of aryl methyl sites for hydroxylation is 1. The van der Waals surface area contributed by atoms with Gasteiger partial charge in [0.2, 0.25) is 0 Å². The van der Waals surface area contributed by atoms with Crippen molar-refractivity contribution in [2.75, 3.05) is 0 Å². The van der Waals surface area contributed by atoms with E-state index in [1.165, 1.54) is 0 Å². The minimum Gasteiger partial charge on any atom is -0.328 e. The van der Waals surface area contributed by atoms with Gasteiger partial charge in [-0.2, -0.15) is 5.10 Å². The molecule has 0 aromatic carbocycles. The molecule has 2 N–H and O–H groups in total. The van der Waals surface area contributed by atoms with Crippen LogP contribution < -0.4 is 5.73 Å². The summed E-state index contributed by atoms with van der Waals surface area (Å²) in [6.07, 6.45) is 5.72. The van der Waals surface area contributed by atoms with Crippen LogP contribution in [-0.4, -0.2) is 15.8 Å². The molecule has 1 heterocycles. The Bertz CT molecular complexity index is 296. The molecule has 86 valence electrons. The van der Waals surface area contributed by atoms with Crippen LogP contribution in [0.1, 0.15) is 38.8 Å². The SMILES string of the molecule is CCCn1ncc(Cl)c1CCC(N)CC. The van der Waals surface area contributed by atoms with E-state index in [1.54, 1.807) is 6.20 Å². The highest BCUT2D eigenvalue weighted by atomic mass is 35.5. The number of nitrogens with zero attached hydrogens (tertiary/aromatic N) is 2. The number of hydrogen-bond acceptors (Lipinski definition) is 2. The van der Waals surface area contributed by atoms with Gasteiger partial charge in [-0.05, 0) is 25.7 Å². The van der Waals surface area contributed by atoms with E-state index >= 15 is 0 Å². The van der Waals surface area contributed by atoms with Gasteiger partial charge in [-0.1, -0.05) is 25.4 Å². The summed E-state index contributed by atoms with van der Waals surface area (Å²) in [6, 6.07) is 0.269. The minimum absolute atomic E-state index is 0.269. The number of hydrogen-bond donors (Lipinski definition) is 1. The van der Waals surface area contributed by atoms with Gasteiger partial charge >= 0.3 is 0 Å². The van der Waals surface area contributed by atoms with Crippen molar-refractivity contribution in [2.24, 2.45) is 5.73 Å². The molecular weight excluding hydrogens is 210 g/mol. The van der Waals surface area contributed by atoms with E-state index < -0.39 is 0 Å². The average molecular weight is 230 g/mol. The molecule has 3 nitrogen and oxygen atoms in total. The quantitative estimate of drug-likeness (QED) is 0.815. The molecule has 1 rings (SSSR count). The van der Waals surface area contributed by atoms with Gasteiger partial charge in [0.15, 0.2) is 0 Å². The Balaban J connectivity index is 2.61. The Hall–Kier alpha value is -0.540. The van der Waals surface area contributed by atoms with E-state index in [2.05, 4.69) is 18.9 Å². The van der Waals surface area contributed by atoms with Crippen molar-refractivity contribution in [3.8, 4) is 0 Å². The van der Waals surface area contributed by atoms with Crippen LogP contribution >= 0.6 is 11.6 Å². The topological polar surface area (TPSA) is 43.8 Å². The fourth-order valence-electron chi connectivity index (χ4n) is 1.57. The summed E-state index contributed by atoms with van der Waals surface area (Å²) in [7, 11) is 0. The Morgan fingerprint density at radius 3 is 2.87 bits per heavy atom. The highest BCUT2D eigenvalue weighted by Gasteiger charge is 2.09. The molecule has 0 radical (unpaired) electrons. The summed E-state index contributed by atoms with van der Waals surface area (Å²) in [5.41, 5.74) is 7.02. The lowest BCUT2D eigenvalue weighted by atomic mass is 10.1. The van der Waals surface area contributed by atoms with Gasteiger partial charge in [0.1, 0.15) is 0 Å². The number of nitrogens with two attached hydrogens (primary N) is 1. The first-order chi connectivity index (χ1) is 7.19. The summed E-state index contributed by atoms with van der Waals surface area (Å²) in [4.78, 5) is 0. The highest BCUT2D eigenvalue weighted by Crippen LogP contribution is 2.18. The lowest BCUT2D eigenvalue weighted by Gasteiger charge is -2.10. The molecule has 1 unspecified atom stereocenters. The summed E-state index contributed by atoms with van der Waals surface area (Å²) < 4.78 is 1.99. The zero-order valence-corrected chi connectivity index (χ0v) is 10.3. The second-order valence-electron chi connectivity index (χ2n) is 3.87. The molecule has 0 aliphatic carbocycles. The molecule has 0 fully saturated rings. The molecule has 0 aliphatic rings.